The normalized spacial score (nSPS) is 11.3. The Morgan fingerprint density at radius 1 is 1.07 bits per heavy atom. The number of nitrogens with one attached hydrogen (secondary N) is 1. The molecule has 2 aromatic carbocycles. The maximum absolute atomic E-state index is 12.8. The van der Waals surface area contributed by atoms with Gasteiger partial charge in [-0.15, -0.1) is 0 Å². The van der Waals surface area contributed by atoms with Gasteiger partial charge in [0.2, 0.25) is 0 Å². The topological polar surface area (TPSA) is 64.4 Å². The molecule has 5 nitrogen and oxygen atoms in total. The molecule has 1 N–H and O–H groups in total. The fraction of sp³-hybridized carbons (Fsp3) is 0.0526. The van der Waals surface area contributed by atoms with E-state index < -0.39 is 12.5 Å². The van der Waals surface area contributed by atoms with Crippen molar-refractivity contribution in [1.82, 2.24) is 4.98 Å². The third-order valence-corrected chi connectivity index (χ3v) is 4.14. The Morgan fingerprint density at radius 2 is 1.81 bits per heavy atom. The molecule has 0 aliphatic heterocycles. The Kier molecular flexibility index (Phi) is 4.37. The number of aromatic nitrogens is 1. The van der Waals surface area contributed by atoms with Gasteiger partial charge in [0.1, 0.15) is 22.7 Å². The molecule has 4 rings (SSSR count). The summed E-state index contributed by atoms with van der Waals surface area (Å²) in [5.74, 6) is -0.227. The molecule has 2 heterocycles. The smallest absolute Gasteiger partial charge is 0.387 e. The molecular weight excluding hydrogens is 378 g/mol. The minimum atomic E-state index is -3.00. The highest BCUT2D eigenvalue weighted by atomic mass is 35.5. The summed E-state index contributed by atoms with van der Waals surface area (Å²) in [6, 6.07) is 12.6. The third kappa shape index (κ3) is 3.29. The number of anilines is 1. The number of carbonyl (C=O) groups excluding carboxylic acids is 1. The van der Waals surface area contributed by atoms with E-state index in [4.69, 9.17) is 16.0 Å². The van der Waals surface area contributed by atoms with Crippen LogP contribution in [-0.4, -0.2) is 17.5 Å². The molecule has 0 spiro atoms. The zero-order valence-electron chi connectivity index (χ0n) is 13.6. The van der Waals surface area contributed by atoms with Crippen molar-refractivity contribution in [3.05, 3.63) is 65.3 Å². The van der Waals surface area contributed by atoms with Crippen molar-refractivity contribution in [3.63, 3.8) is 0 Å². The molecule has 27 heavy (non-hydrogen) atoms. The molecule has 2 aromatic heterocycles. The van der Waals surface area contributed by atoms with E-state index in [-0.39, 0.29) is 11.3 Å². The average molecular weight is 389 g/mol. The lowest BCUT2D eigenvalue weighted by Crippen LogP contribution is -2.13. The summed E-state index contributed by atoms with van der Waals surface area (Å²) in [4.78, 5) is 16.8. The number of carbonyl (C=O) groups is 1. The van der Waals surface area contributed by atoms with Crippen LogP contribution in [0.2, 0.25) is 5.02 Å². The summed E-state index contributed by atoms with van der Waals surface area (Å²) < 4.78 is 35.9. The largest absolute Gasteiger partial charge is 0.456 e. The fourth-order valence-corrected chi connectivity index (χ4v) is 2.96. The Morgan fingerprint density at radius 3 is 2.52 bits per heavy atom. The van der Waals surface area contributed by atoms with Crippen molar-refractivity contribution in [2.75, 3.05) is 5.32 Å². The maximum Gasteiger partial charge on any atom is 0.387 e. The summed E-state index contributed by atoms with van der Waals surface area (Å²) >= 11 is 5.79. The molecule has 0 atom stereocenters. The van der Waals surface area contributed by atoms with E-state index in [9.17, 15) is 13.6 Å². The molecule has 0 radical (unpaired) electrons. The molecule has 0 aliphatic carbocycles. The number of nitrogens with zero attached hydrogens (tertiary/aromatic N) is 1. The van der Waals surface area contributed by atoms with Crippen LogP contribution in [-0.2, 0) is 0 Å². The van der Waals surface area contributed by atoms with E-state index in [1.165, 1.54) is 12.3 Å². The number of ether oxygens (including phenoxy) is 1. The lowest BCUT2D eigenvalue weighted by molar-refractivity contribution is -0.0487. The summed E-state index contributed by atoms with van der Waals surface area (Å²) in [6.07, 6.45) is 1.40. The van der Waals surface area contributed by atoms with Crippen LogP contribution in [0.1, 0.15) is 10.4 Å². The number of hydrogen-bond acceptors (Lipinski definition) is 4. The molecule has 0 saturated heterocycles. The van der Waals surface area contributed by atoms with Crippen molar-refractivity contribution >= 4 is 45.3 Å². The number of halogens is 3. The number of hydrogen-bond donors (Lipinski definition) is 1. The van der Waals surface area contributed by atoms with Crippen molar-refractivity contribution < 1.29 is 22.7 Å². The Bertz CT molecular complexity index is 1140. The van der Waals surface area contributed by atoms with Crippen molar-refractivity contribution in [2.45, 2.75) is 6.61 Å². The van der Waals surface area contributed by atoms with Crippen LogP contribution in [0.4, 0.5) is 14.6 Å². The van der Waals surface area contributed by atoms with E-state index in [0.29, 0.717) is 32.8 Å². The summed E-state index contributed by atoms with van der Waals surface area (Å²) in [6.45, 7) is -3.00. The quantitative estimate of drug-likeness (QED) is 0.502. The Balaban J connectivity index is 1.85. The predicted molar refractivity (Wildman–Crippen MR) is 97.6 cm³/mol. The van der Waals surface area contributed by atoms with Crippen molar-refractivity contribution in [1.29, 1.82) is 0 Å². The minimum absolute atomic E-state index is 0.0638. The van der Waals surface area contributed by atoms with Gasteiger partial charge in [0.05, 0.1) is 16.0 Å². The van der Waals surface area contributed by atoms with Crippen LogP contribution >= 0.6 is 11.6 Å². The molecular formula is C19H11ClF2N2O3. The first-order valence-corrected chi connectivity index (χ1v) is 8.22. The monoisotopic (exact) mass is 388 g/mol. The predicted octanol–water partition coefficient (Wildman–Crippen LogP) is 5.49. The van der Waals surface area contributed by atoms with Crippen molar-refractivity contribution in [2.24, 2.45) is 0 Å². The second-order valence-electron chi connectivity index (χ2n) is 5.60. The first-order valence-electron chi connectivity index (χ1n) is 7.85. The van der Waals surface area contributed by atoms with Crippen LogP contribution in [0.3, 0.4) is 0 Å². The summed E-state index contributed by atoms with van der Waals surface area (Å²) in [5.41, 5.74) is 0.966. The highest BCUT2D eigenvalue weighted by molar-refractivity contribution is 6.30. The molecule has 0 unspecified atom stereocenters. The maximum atomic E-state index is 12.8. The molecule has 4 aromatic rings. The van der Waals surface area contributed by atoms with Gasteiger partial charge in [-0.05, 0) is 36.4 Å². The van der Waals surface area contributed by atoms with Crippen LogP contribution in [0, 0.1) is 0 Å². The molecule has 8 heteroatoms. The molecule has 0 saturated carbocycles. The van der Waals surface area contributed by atoms with Gasteiger partial charge >= 0.3 is 6.61 Å². The van der Waals surface area contributed by atoms with Crippen LogP contribution in [0.25, 0.3) is 21.9 Å². The van der Waals surface area contributed by atoms with Crippen LogP contribution < -0.4 is 10.1 Å². The lowest BCUT2D eigenvalue weighted by atomic mass is 10.0. The molecule has 136 valence electrons. The van der Waals surface area contributed by atoms with Gasteiger partial charge in [-0.2, -0.15) is 8.78 Å². The van der Waals surface area contributed by atoms with Gasteiger partial charge in [-0.3, -0.25) is 4.79 Å². The van der Waals surface area contributed by atoms with Gasteiger partial charge in [-0.25, -0.2) is 4.98 Å². The van der Waals surface area contributed by atoms with Gasteiger partial charge in [0, 0.05) is 11.6 Å². The highest BCUT2D eigenvalue weighted by Gasteiger charge is 2.20. The first kappa shape index (κ1) is 17.2. The number of alkyl halides is 2. The molecule has 0 fully saturated rings. The van der Waals surface area contributed by atoms with E-state index in [1.54, 1.807) is 42.5 Å². The number of fused-ring (bicyclic) bond motifs is 3. The second kappa shape index (κ2) is 6.85. The summed E-state index contributed by atoms with van der Waals surface area (Å²) in [7, 11) is 0. The number of rotatable bonds is 4. The van der Waals surface area contributed by atoms with E-state index >= 15 is 0 Å². The van der Waals surface area contributed by atoms with E-state index in [1.807, 2.05) is 0 Å². The minimum Gasteiger partial charge on any atom is -0.456 e. The SMILES string of the molecule is O=C(Nc1ccc(Cl)cn1)c1cccc2oc3cccc(OC(F)F)c3c12. The van der Waals surface area contributed by atoms with E-state index in [0.717, 1.165) is 0 Å². The van der Waals surface area contributed by atoms with Gasteiger partial charge in [0.25, 0.3) is 5.91 Å². The van der Waals surface area contributed by atoms with Gasteiger partial charge in [0.15, 0.2) is 0 Å². The third-order valence-electron chi connectivity index (χ3n) is 3.91. The average Bonchev–Trinajstić information content (AvgIpc) is 3.02. The van der Waals surface area contributed by atoms with Gasteiger partial charge < -0.3 is 14.5 Å². The molecule has 1 amide bonds. The standard InChI is InChI=1S/C19H11ClF2N2O3/c20-10-7-8-15(23-9-10)24-18(25)11-3-1-4-12-16(11)17-13(26-12)5-2-6-14(17)27-19(21)22/h1-9,19H,(H,23,24,25). The number of benzene rings is 2. The number of furan rings is 1. The van der Waals surface area contributed by atoms with Gasteiger partial charge in [-0.1, -0.05) is 23.7 Å². The van der Waals surface area contributed by atoms with Crippen molar-refractivity contribution in [3.8, 4) is 5.75 Å². The highest BCUT2D eigenvalue weighted by Crippen LogP contribution is 2.38. The van der Waals surface area contributed by atoms with Crippen LogP contribution in [0.5, 0.6) is 5.75 Å². The number of amides is 1. The Hall–Kier alpha value is -3.19. The number of pyridine rings is 1. The summed E-state index contributed by atoms with van der Waals surface area (Å²) in [5, 5.41) is 3.78. The van der Waals surface area contributed by atoms with Crippen LogP contribution in [0.15, 0.2) is 59.1 Å². The lowest BCUT2D eigenvalue weighted by Gasteiger charge is -2.08. The molecule has 0 bridgehead atoms. The Labute approximate surface area is 156 Å². The van der Waals surface area contributed by atoms with E-state index in [2.05, 4.69) is 15.0 Å². The molecule has 0 aliphatic rings. The second-order valence-corrected chi connectivity index (χ2v) is 6.04. The first-order chi connectivity index (χ1) is 13.0. The fourth-order valence-electron chi connectivity index (χ4n) is 2.85. The zero-order chi connectivity index (χ0) is 19.0. The zero-order valence-corrected chi connectivity index (χ0v) is 14.3.